The average Bonchev–Trinajstić information content (AvgIpc) is 2.69. The van der Waals surface area contributed by atoms with Crippen molar-refractivity contribution < 1.29 is 0 Å². The van der Waals surface area contributed by atoms with Crippen molar-refractivity contribution in [2.75, 3.05) is 0 Å². The number of nitrogens with two attached hydrogens (primary N) is 1. The van der Waals surface area contributed by atoms with Crippen molar-refractivity contribution >= 4 is 11.6 Å². The fourth-order valence-electron chi connectivity index (χ4n) is 1.40. The van der Waals surface area contributed by atoms with Gasteiger partial charge in [-0.05, 0) is 11.6 Å². The average molecular weight is 222 g/mol. The number of nitrogens with zero attached hydrogens (tertiary/aromatic N) is 2. The van der Waals surface area contributed by atoms with Crippen molar-refractivity contribution in [2.45, 2.75) is 13.1 Å². The molecule has 0 spiro atoms. The SMILES string of the molecule is NCc1cnn(Cc2ccccc2Cl)c1. The predicted octanol–water partition coefficient (Wildman–Crippen LogP) is 2.04. The lowest BCUT2D eigenvalue weighted by Gasteiger charge is -2.03. The third-order valence-corrected chi connectivity index (χ3v) is 2.58. The van der Waals surface area contributed by atoms with E-state index in [9.17, 15) is 0 Å². The monoisotopic (exact) mass is 221 g/mol. The maximum absolute atomic E-state index is 6.05. The molecule has 0 unspecified atom stereocenters. The second-order valence-electron chi connectivity index (χ2n) is 3.34. The Morgan fingerprint density at radius 3 is 2.80 bits per heavy atom. The highest BCUT2D eigenvalue weighted by Crippen LogP contribution is 2.15. The van der Waals surface area contributed by atoms with Gasteiger partial charge in [-0.25, -0.2) is 0 Å². The first kappa shape index (κ1) is 10.2. The zero-order valence-electron chi connectivity index (χ0n) is 8.23. The zero-order chi connectivity index (χ0) is 10.7. The summed E-state index contributed by atoms with van der Waals surface area (Å²) in [6, 6.07) is 7.76. The summed E-state index contributed by atoms with van der Waals surface area (Å²) in [5.41, 5.74) is 7.60. The minimum Gasteiger partial charge on any atom is -0.326 e. The summed E-state index contributed by atoms with van der Waals surface area (Å²) in [6.07, 6.45) is 3.71. The first-order chi connectivity index (χ1) is 7.29. The molecule has 3 nitrogen and oxygen atoms in total. The standard InChI is InChI=1S/C11H12ClN3/c12-11-4-2-1-3-10(11)8-15-7-9(5-13)6-14-15/h1-4,6-7H,5,8,13H2. The zero-order valence-corrected chi connectivity index (χ0v) is 8.98. The van der Waals surface area contributed by atoms with E-state index in [1.54, 1.807) is 6.20 Å². The first-order valence-corrected chi connectivity index (χ1v) is 5.12. The topological polar surface area (TPSA) is 43.8 Å². The van der Waals surface area contributed by atoms with E-state index < -0.39 is 0 Å². The molecule has 0 saturated carbocycles. The van der Waals surface area contributed by atoms with Crippen molar-refractivity contribution in [2.24, 2.45) is 5.73 Å². The maximum Gasteiger partial charge on any atom is 0.0674 e. The Kier molecular flexibility index (Phi) is 3.04. The Morgan fingerprint density at radius 1 is 1.33 bits per heavy atom. The van der Waals surface area contributed by atoms with Crippen LogP contribution in [0.4, 0.5) is 0 Å². The number of hydrogen-bond donors (Lipinski definition) is 1. The van der Waals surface area contributed by atoms with Crippen LogP contribution in [0.1, 0.15) is 11.1 Å². The highest BCUT2D eigenvalue weighted by atomic mass is 35.5. The van der Waals surface area contributed by atoms with Gasteiger partial charge in [0.2, 0.25) is 0 Å². The Bertz CT molecular complexity index is 451. The van der Waals surface area contributed by atoms with Crippen LogP contribution in [0.3, 0.4) is 0 Å². The van der Waals surface area contributed by atoms with Gasteiger partial charge in [0.05, 0.1) is 12.7 Å². The van der Waals surface area contributed by atoms with E-state index in [-0.39, 0.29) is 0 Å². The molecule has 0 amide bonds. The highest BCUT2D eigenvalue weighted by Gasteiger charge is 2.01. The van der Waals surface area contributed by atoms with E-state index in [0.717, 1.165) is 16.1 Å². The molecule has 2 aromatic rings. The Balaban J connectivity index is 2.18. The molecule has 1 heterocycles. The molecule has 0 fully saturated rings. The molecule has 1 aromatic heterocycles. The molecule has 2 N–H and O–H groups in total. The summed E-state index contributed by atoms with van der Waals surface area (Å²) in [5, 5.41) is 4.97. The lowest BCUT2D eigenvalue weighted by molar-refractivity contribution is 0.686. The Hall–Kier alpha value is -1.32. The van der Waals surface area contributed by atoms with Crippen LogP contribution in [0.25, 0.3) is 0 Å². The molecular formula is C11H12ClN3. The van der Waals surface area contributed by atoms with Gasteiger partial charge >= 0.3 is 0 Å². The minimum absolute atomic E-state index is 0.516. The van der Waals surface area contributed by atoms with Crippen LogP contribution in [0.5, 0.6) is 0 Å². The molecule has 0 aliphatic heterocycles. The summed E-state index contributed by atoms with van der Waals surface area (Å²) >= 11 is 6.05. The molecule has 78 valence electrons. The normalized spacial score (nSPS) is 10.5. The molecule has 0 atom stereocenters. The van der Waals surface area contributed by atoms with Gasteiger partial charge in [0, 0.05) is 23.3 Å². The molecule has 0 radical (unpaired) electrons. The molecular weight excluding hydrogens is 210 g/mol. The van der Waals surface area contributed by atoms with Gasteiger partial charge in [0.1, 0.15) is 0 Å². The summed E-state index contributed by atoms with van der Waals surface area (Å²) in [6.45, 7) is 1.20. The van der Waals surface area contributed by atoms with Gasteiger partial charge < -0.3 is 5.73 Å². The van der Waals surface area contributed by atoms with Gasteiger partial charge in [-0.2, -0.15) is 5.10 Å². The van der Waals surface area contributed by atoms with E-state index >= 15 is 0 Å². The summed E-state index contributed by atoms with van der Waals surface area (Å²) in [7, 11) is 0. The van der Waals surface area contributed by atoms with Crippen molar-refractivity contribution in [1.29, 1.82) is 0 Å². The van der Waals surface area contributed by atoms with Gasteiger partial charge in [0.25, 0.3) is 0 Å². The van der Waals surface area contributed by atoms with Crippen LogP contribution >= 0.6 is 11.6 Å². The van der Waals surface area contributed by atoms with Crippen LogP contribution < -0.4 is 5.73 Å². The third-order valence-electron chi connectivity index (χ3n) is 2.21. The van der Waals surface area contributed by atoms with E-state index in [0.29, 0.717) is 13.1 Å². The Labute approximate surface area is 93.5 Å². The molecule has 1 aromatic carbocycles. The third kappa shape index (κ3) is 2.37. The number of benzene rings is 1. The number of halogens is 1. The molecule has 0 aliphatic carbocycles. The van der Waals surface area contributed by atoms with E-state index in [2.05, 4.69) is 5.10 Å². The Morgan fingerprint density at radius 2 is 2.13 bits per heavy atom. The highest BCUT2D eigenvalue weighted by molar-refractivity contribution is 6.31. The van der Waals surface area contributed by atoms with Gasteiger partial charge in [-0.15, -0.1) is 0 Å². The van der Waals surface area contributed by atoms with Gasteiger partial charge in [-0.3, -0.25) is 4.68 Å². The van der Waals surface area contributed by atoms with Crippen molar-refractivity contribution in [3.63, 3.8) is 0 Å². The molecule has 15 heavy (non-hydrogen) atoms. The molecule has 0 aliphatic rings. The van der Waals surface area contributed by atoms with Crippen LogP contribution in [0.2, 0.25) is 5.02 Å². The van der Waals surface area contributed by atoms with E-state index in [1.165, 1.54) is 0 Å². The smallest absolute Gasteiger partial charge is 0.0674 e. The van der Waals surface area contributed by atoms with Crippen LogP contribution in [0, 0.1) is 0 Å². The lowest BCUT2D eigenvalue weighted by Crippen LogP contribution is -2.00. The summed E-state index contributed by atoms with van der Waals surface area (Å²) in [4.78, 5) is 0. The van der Waals surface area contributed by atoms with Crippen molar-refractivity contribution in [3.05, 3.63) is 52.8 Å². The second-order valence-corrected chi connectivity index (χ2v) is 3.75. The van der Waals surface area contributed by atoms with Crippen LogP contribution in [0.15, 0.2) is 36.7 Å². The predicted molar refractivity (Wildman–Crippen MR) is 60.7 cm³/mol. The van der Waals surface area contributed by atoms with E-state index in [4.69, 9.17) is 17.3 Å². The molecule has 4 heteroatoms. The number of aromatic nitrogens is 2. The summed E-state index contributed by atoms with van der Waals surface area (Å²) in [5.74, 6) is 0. The van der Waals surface area contributed by atoms with Crippen molar-refractivity contribution in [3.8, 4) is 0 Å². The quantitative estimate of drug-likeness (QED) is 0.862. The first-order valence-electron chi connectivity index (χ1n) is 4.74. The fraction of sp³-hybridized carbons (Fsp3) is 0.182. The lowest BCUT2D eigenvalue weighted by atomic mass is 10.2. The second kappa shape index (κ2) is 4.47. The van der Waals surface area contributed by atoms with Crippen LogP contribution in [-0.4, -0.2) is 9.78 Å². The minimum atomic E-state index is 0.516. The number of hydrogen-bond acceptors (Lipinski definition) is 2. The van der Waals surface area contributed by atoms with Crippen LogP contribution in [-0.2, 0) is 13.1 Å². The van der Waals surface area contributed by atoms with Gasteiger partial charge in [-0.1, -0.05) is 29.8 Å². The molecule has 0 bridgehead atoms. The molecule has 0 saturated heterocycles. The maximum atomic E-state index is 6.05. The van der Waals surface area contributed by atoms with Crippen molar-refractivity contribution in [1.82, 2.24) is 9.78 Å². The number of rotatable bonds is 3. The largest absolute Gasteiger partial charge is 0.326 e. The fourth-order valence-corrected chi connectivity index (χ4v) is 1.59. The summed E-state index contributed by atoms with van der Waals surface area (Å²) < 4.78 is 1.84. The molecule has 2 rings (SSSR count). The van der Waals surface area contributed by atoms with Gasteiger partial charge in [0.15, 0.2) is 0 Å². The van der Waals surface area contributed by atoms with E-state index in [1.807, 2.05) is 35.1 Å².